The zero-order valence-corrected chi connectivity index (χ0v) is 16.8. The van der Waals surface area contributed by atoms with Gasteiger partial charge in [-0.25, -0.2) is 10.9 Å². The van der Waals surface area contributed by atoms with Crippen LogP contribution in [0.25, 0.3) is 0 Å². The van der Waals surface area contributed by atoms with Crippen molar-refractivity contribution in [2.45, 2.75) is 75.7 Å². The third kappa shape index (κ3) is 4.79. The number of hydrazine groups is 2. The van der Waals surface area contributed by atoms with Crippen LogP contribution in [-0.4, -0.2) is 52.9 Å². The Morgan fingerprint density at radius 2 is 1.85 bits per heavy atom. The van der Waals surface area contributed by atoms with Crippen molar-refractivity contribution in [2.24, 2.45) is 5.92 Å². The van der Waals surface area contributed by atoms with Crippen LogP contribution in [-0.2, 0) is 4.79 Å². The van der Waals surface area contributed by atoms with Crippen LogP contribution in [0.5, 0.6) is 0 Å². The highest BCUT2D eigenvalue weighted by Gasteiger charge is 2.38. The van der Waals surface area contributed by atoms with E-state index in [1.165, 1.54) is 32.1 Å². The number of carbonyl (C=O) groups is 1. The van der Waals surface area contributed by atoms with Crippen molar-refractivity contribution < 1.29 is 4.79 Å². The molecule has 2 saturated heterocycles. The first kappa shape index (κ1) is 20.1. The first-order chi connectivity index (χ1) is 12.6. The van der Waals surface area contributed by atoms with Crippen LogP contribution in [0.4, 0.5) is 0 Å². The maximum atomic E-state index is 12.4. The van der Waals surface area contributed by atoms with Crippen LogP contribution in [0.3, 0.4) is 0 Å². The fourth-order valence-electron chi connectivity index (χ4n) is 4.31. The van der Waals surface area contributed by atoms with Crippen molar-refractivity contribution >= 4 is 17.7 Å². The summed E-state index contributed by atoms with van der Waals surface area (Å²) in [5, 5.41) is 3.15. The highest BCUT2D eigenvalue weighted by molar-refractivity contribution is 8.00. The molecule has 3 fully saturated rings. The van der Waals surface area contributed by atoms with Crippen LogP contribution in [0, 0.1) is 5.92 Å². The second-order valence-electron chi connectivity index (χ2n) is 7.74. The lowest BCUT2D eigenvalue weighted by atomic mass is 9.87. The highest BCUT2D eigenvalue weighted by atomic mass is 32.2. The Hall–Kier alpha value is -0.640. The maximum Gasteiger partial charge on any atom is 0.230 e. The fourth-order valence-corrected chi connectivity index (χ4v) is 5.26. The standard InChI is InChI=1S/C18H34N6OS/c1-4-10-24-17(14-8-6-5-7-9-14)22-23-18(24)26-11-15(25)19-16-12(2)20-21-13(16)3/h4,12-14,16-18,20-23H,1,5-11H2,2-3H3,(H,19,25). The number of rotatable bonds is 7. The van der Waals surface area contributed by atoms with E-state index in [0.717, 1.165) is 6.54 Å². The molecular formula is C18H34N6OS. The molecule has 148 valence electrons. The number of hydrogen-bond donors (Lipinski definition) is 5. The van der Waals surface area contributed by atoms with Crippen molar-refractivity contribution in [3.8, 4) is 0 Å². The Balaban J connectivity index is 1.50. The summed E-state index contributed by atoms with van der Waals surface area (Å²) >= 11 is 1.65. The molecule has 0 bridgehead atoms. The summed E-state index contributed by atoms with van der Waals surface area (Å²) in [4.78, 5) is 14.8. The molecular weight excluding hydrogens is 348 g/mol. The van der Waals surface area contributed by atoms with Gasteiger partial charge in [0.15, 0.2) is 0 Å². The molecule has 1 saturated carbocycles. The molecule has 3 aliphatic rings. The van der Waals surface area contributed by atoms with Gasteiger partial charge in [0, 0.05) is 18.6 Å². The minimum absolute atomic E-state index is 0.0886. The van der Waals surface area contributed by atoms with Crippen molar-refractivity contribution in [1.29, 1.82) is 0 Å². The number of amides is 1. The molecule has 0 aromatic carbocycles. The number of hydrogen-bond acceptors (Lipinski definition) is 7. The van der Waals surface area contributed by atoms with Crippen LogP contribution >= 0.6 is 11.8 Å². The quantitative estimate of drug-likeness (QED) is 0.418. The van der Waals surface area contributed by atoms with Gasteiger partial charge in [-0.1, -0.05) is 25.3 Å². The Kier molecular flexibility index (Phi) is 7.36. The van der Waals surface area contributed by atoms with E-state index >= 15 is 0 Å². The summed E-state index contributed by atoms with van der Waals surface area (Å²) in [7, 11) is 0. The molecule has 1 aliphatic carbocycles. The second-order valence-corrected chi connectivity index (χ2v) is 8.81. The first-order valence-electron chi connectivity index (χ1n) is 9.90. The molecule has 26 heavy (non-hydrogen) atoms. The first-order valence-corrected chi connectivity index (χ1v) is 10.9. The van der Waals surface area contributed by atoms with E-state index in [0.29, 0.717) is 17.8 Å². The van der Waals surface area contributed by atoms with E-state index in [2.05, 4.69) is 52.3 Å². The maximum absolute atomic E-state index is 12.4. The Labute approximate surface area is 161 Å². The average molecular weight is 383 g/mol. The molecule has 0 aromatic heterocycles. The van der Waals surface area contributed by atoms with E-state index in [-0.39, 0.29) is 29.5 Å². The number of nitrogens with zero attached hydrogens (tertiary/aromatic N) is 1. The van der Waals surface area contributed by atoms with Crippen molar-refractivity contribution in [1.82, 2.24) is 31.9 Å². The molecule has 2 aliphatic heterocycles. The molecule has 0 aromatic rings. The van der Waals surface area contributed by atoms with Gasteiger partial charge < -0.3 is 5.32 Å². The summed E-state index contributed by atoms with van der Waals surface area (Å²) in [6.07, 6.45) is 8.85. The zero-order valence-electron chi connectivity index (χ0n) is 16.0. The van der Waals surface area contributed by atoms with Gasteiger partial charge in [-0.05, 0) is 32.6 Å². The Morgan fingerprint density at radius 1 is 1.15 bits per heavy atom. The topological polar surface area (TPSA) is 80.5 Å². The molecule has 5 N–H and O–H groups in total. The molecule has 2 heterocycles. The van der Waals surface area contributed by atoms with Crippen LogP contribution in [0.15, 0.2) is 12.7 Å². The highest BCUT2D eigenvalue weighted by Crippen LogP contribution is 2.32. The number of carbonyl (C=O) groups excluding carboxylic acids is 1. The second kappa shape index (κ2) is 9.52. The lowest BCUT2D eigenvalue weighted by molar-refractivity contribution is -0.119. The summed E-state index contributed by atoms with van der Waals surface area (Å²) in [5.41, 5.74) is 13.3. The molecule has 4 atom stereocenters. The van der Waals surface area contributed by atoms with Gasteiger partial charge in [-0.2, -0.15) is 0 Å². The Morgan fingerprint density at radius 3 is 2.50 bits per heavy atom. The SMILES string of the molecule is C=CCN1C(SCC(=O)NC2C(C)NNC2C)NNC1C1CCCCC1. The van der Waals surface area contributed by atoms with Crippen molar-refractivity contribution in [3.63, 3.8) is 0 Å². The molecule has 1 amide bonds. The van der Waals surface area contributed by atoms with E-state index in [4.69, 9.17) is 0 Å². The molecule has 0 spiro atoms. The van der Waals surface area contributed by atoms with Gasteiger partial charge in [-0.3, -0.25) is 20.5 Å². The predicted molar refractivity (Wildman–Crippen MR) is 107 cm³/mol. The normalized spacial score (nSPS) is 36.3. The summed E-state index contributed by atoms with van der Waals surface area (Å²) in [5.74, 6) is 1.21. The minimum Gasteiger partial charge on any atom is -0.349 e. The predicted octanol–water partition coefficient (Wildman–Crippen LogP) is 0.875. The molecule has 3 rings (SSSR count). The van der Waals surface area contributed by atoms with Crippen LogP contribution in [0.2, 0.25) is 0 Å². The smallest absolute Gasteiger partial charge is 0.230 e. The van der Waals surface area contributed by atoms with E-state index in [1.54, 1.807) is 11.8 Å². The lowest BCUT2D eigenvalue weighted by Crippen LogP contribution is -2.47. The summed E-state index contributed by atoms with van der Waals surface area (Å²) in [6, 6.07) is 0.591. The van der Waals surface area contributed by atoms with Crippen molar-refractivity contribution in [3.05, 3.63) is 12.7 Å². The van der Waals surface area contributed by atoms with E-state index in [1.807, 2.05) is 6.08 Å². The zero-order chi connectivity index (χ0) is 18.5. The lowest BCUT2D eigenvalue weighted by Gasteiger charge is -2.34. The van der Waals surface area contributed by atoms with Gasteiger partial charge in [-0.15, -0.1) is 18.3 Å². The molecule has 7 nitrogen and oxygen atoms in total. The molecule has 0 radical (unpaired) electrons. The largest absolute Gasteiger partial charge is 0.349 e. The van der Waals surface area contributed by atoms with Gasteiger partial charge in [0.2, 0.25) is 5.91 Å². The minimum atomic E-state index is 0.0886. The molecule has 4 unspecified atom stereocenters. The van der Waals surface area contributed by atoms with Gasteiger partial charge >= 0.3 is 0 Å². The van der Waals surface area contributed by atoms with Crippen molar-refractivity contribution in [2.75, 3.05) is 12.3 Å². The van der Waals surface area contributed by atoms with Gasteiger partial charge in [0.1, 0.15) is 5.50 Å². The summed E-state index contributed by atoms with van der Waals surface area (Å²) in [6.45, 7) is 8.91. The Bertz CT molecular complexity index is 476. The van der Waals surface area contributed by atoms with E-state index in [9.17, 15) is 4.79 Å². The molecule has 8 heteroatoms. The van der Waals surface area contributed by atoms with Gasteiger partial charge in [0.05, 0.1) is 18.0 Å². The van der Waals surface area contributed by atoms with E-state index < -0.39 is 0 Å². The van der Waals surface area contributed by atoms with Crippen LogP contribution < -0.4 is 27.0 Å². The average Bonchev–Trinajstić information content (AvgIpc) is 3.19. The third-order valence-corrected chi connectivity index (χ3v) is 6.90. The number of nitrogens with one attached hydrogen (secondary N) is 5. The third-order valence-electron chi connectivity index (χ3n) is 5.77. The van der Waals surface area contributed by atoms with Crippen LogP contribution in [0.1, 0.15) is 46.0 Å². The van der Waals surface area contributed by atoms with Gasteiger partial charge in [0.25, 0.3) is 0 Å². The summed E-state index contributed by atoms with van der Waals surface area (Å²) < 4.78 is 0. The number of thioether (sulfide) groups is 1. The fraction of sp³-hybridized carbons (Fsp3) is 0.833. The monoisotopic (exact) mass is 382 g/mol.